The monoisotopic (exact) mass is 420 g/mol. The van der Waals surface area contributed by atoms with Gasteiger partial charge >= 0.3 is 0 Å². The van der Waals surface area contributed by atoms with Gasteiger partial charge in [-0.2, -0.15) is 0 Å². The molecule has 0 bridgehead atoms. The van der Waals surface area contributed by atoms with Crippen molar-refractivity contribution in [1.29, 1.82) is 0 Å². The van der Waals surface area contributed by atoms with Crippen LogP contribution in [-0.2, 0) is 9.59 Å². The summed E-state index contributed by atoms with van der Waals surface area (Å²) in [6.07, 6.45) is 0. The van der Waals surface area contributed by atoms with E-state index in [1.165, 1.54) is 48.5 Å². The normalized spacial score (nSPS) is 13.7. The van der Waals surface area contributed by atoms with Crippen LogP contribution < -0.4 is 15.0 Å². The van der Waals surface area contributed by atoms with Crippen LogP contribution in [-0.4, -0.2) is 18.4 Å². The Bertz CT molecular complexity index is 1150. The zero-order chi connectivity index (χ0) is 22.0. The number of imide groups is 1. The smallest absolute Gasteiger partial charge is 0.282 e. The molecular formula is C24H18F2N2O3. The van der Waals surface area contributed by atoms with Crippen molar-refractivity contribution in [3.05, 3.63) is 95.7 Å². The number of rotatable bonds is 6. The van der Waals surface area contributed by atoms with Gasteiger partial charge < -0.3 is 10.1 Å². The number of nitrogens with one attached hydrogen (secondary N) is 1. The summed E-state index contributed by atoms with van der Waals surface area (Å²) in [6.45, 7) is 2.39. The number of carbonyl (C=O) groups is 2. The number of hydrogen-bond donors (Lipinski definition) is 1. The van der Waals surface area contributed by atoms with Crippen LogP contribution in [0.2, 0.25) is 0 Å². The van der Waals surface area contributed by atoms with E-state index in [1.807, 2.05) is 6.92 Å². The van der Waals surface area contributed by atoms with Crippen molar-refractivity contribution in [2.75, 3.05) is 16.8 Å². The highest BCUT2D eigenvalue weighted by molar-refractivity contribution is 6.46. The molecular weight excluding hydrogens is 402 g/mol. The van der Waals surface area contributed by atoms with Crippen LogP contribution in [0.4, 0.5) is 20.2 Å². The van der Waals surface area contributed by atoms with Crippen LogP contribution in [0, 0.1) is 11.6 Å². The van der Waals surface area contributed by atoms with Crippen molar-refractivity contribution in [1.82, 2.24) is 0 Å². The Morgan fingerprint density at radius 1 is 0.806 bits per heavy atom. The van der Waals surface area contributed by atoms with E-state index in [2.05, 4.69) is 5.32 Å². The Morgan fingerprint density at radius 3 is 1.97 bits per heavy atom. The average Bonchev–Trinajstić information content (AvgIpc) is 3.01. The SMILES string of the molecule is CCOc1ccc(NC2=C(c3ccc(F)cc3)C(=O)N(c3ccc(F)cc3)C2=O)cc1. The Kier molecular flexibility index (Phi) is 5.49. The molecule has 1 aliphatic rings. The maximum absolute atomic E-state index is 13.4. The predicted molar refractivity (Wildman–Crippen MR) is 113 cm³/mol. The topological polar surface area (TPSA) is 58.6 Å². The molecule has 0 aromatic heterocycles. The molecule has 1 N–H and O–H groups in total. The van der Waals surface area contributed by atoms with Crippen molar-refractivity contribution >= 4 is 28.8 Å². The molecule has 7 heteroatoms. The summed E-state index contributed by atoms with van der Waals surface area (Å²) in [5.74, 6) is -1.45. The first-order chi connectivity index (χ1) is 15.0. The molecule has 2 amide bonds. The van der Waals surface area contributed by atoms with Gasteiger partial charge in [-0.15, -0.1) is 0 Å². The minimum absolute atomic E-state index is 0.0464. The van der Waals surface area contributed by atoms with Gasteiger partial charge in [-0.1, -0.05) is 12.1 Å². The molecule has 0 atom stereocenters. The van der Waals surface area contributed by atoms with Crippen molar-refractivity contribution in [2.24, 2.45) is 0 Å². The minimum Gasteiger partial charge on any atom is -0.494 e. The zero-order valence-corrected chi connectivity index (χ0v) is 16.6. The number of ether oxygens (including phenoxy) is 1. The van der Waals surface area contributed by atoms with E-state index in [9.17, 15) is 18.4 Å². The van der Waals surface area contributed by atoms with Crippen LogP contribution in [0.15, 0.2) is 78.5 Å². The molecule has 0 saturated carbocycles. The third kappa shape index (κ3) is 4.02. The predicted octanol–water partition coefficient (Wildman–Crippen LogP) is 4.76. The molecule has 1 aliphatic heterocycles. The standard InChI is InChI=1S/C24H18F2N2O3/c1-2-31-20-13-9-18(10-14-20)27-22-21(15-3-5-16(25)6-4-15)23(29)28(24(22)30)19-11-7-17(26)8-12-19/h3-14,27H,2H2,1H3. The molecule has 0 aliphatic carbocycles. The lowest BCUT2D eigenvalue weighted by molar-refractivity contribution is -0.120. The van der Waals surface area contributed by atoms with Crippen LogP contribution in [0.3, 0.4) is 0 Å². The first-order valence-corrected chi connectivity index (χ1v) is 9.62. The number of benzene rings is 3. The Morgan fingerprint density at radius 2 is 1.39 bits per heavy atom. The number of anilines is 2. The van der Waals surface area contributed by atoms with E-state index >= 15 is 0 Å². The molecule has 0 unspecified atom stereocenters. The van der Waals surface area contributed by atoms with Gasteiger partial charge in [-0.3, -0.25) is 9.59 Å². The van der Waals surface area contributed by atoms with E-state index in [0.717, 1.165) is 4.90 Å². The highest BCUT2D eigenvalue weighted by atomic mass is 19.1. The molecule has 0 radical (unpaired) electrons. The van der Waals surface area contributed by atoms with Crippen molar-refractivity contribution in [3.63, 3.8) is 0 Å². The molecule has 4 rings (SSSR count). The van der Waals surface area contributed by atoms with Gasteiger partial charge in [0, 0.05) is 5.69 Å². The molecule has 3 aromatic carbocycles. The summed E-state index contributed by atoms with van der Waals surface area (Å²) in [7, 11) is 0. The van der Waals surface area contributed by atoms with Crippen molar-refractivity contribution in [2.45, 2.75) is 6.92 Å². The fourth-order valence-corrected chi connectivity index (χ4v) is 3.30. The quantitative estimate of drug-likeness (QED) is 0.584. The summed E-state index contributed by atoms with van der Waals surface area (Å²) in [5, 5.41) is 3.01. The number of halogens is 2. The average molecular weight is 420 g/mol. The second kappa shape index (κ2) is 8.39. The van der Waals surface area contributed by atoms with E-state index in [-0.39, 0.29) is 17.0 Å². The fourth-order valence-electron chi connectivity index (χ4n) is 3.30. The van der Waals surface area contributed by atoms with Gasteiger partial charge in [0.05, 0.1) is 17.9 Å². The molecule has 1 heterocycles. The molecule has 3 aromatic rings. The zero-order valence-electron chi connectivity index (χ0n) is 16.6. The molecule has 156 valence electrons. The third-order valence-electron chi connectivity index (χ3n) is 4.74. The van der Waals surface area contributed by atoms with Crippen LogP contribution in [0.1, 0.15) is 12.5 Å². The van der Waals surface area contributed by atoms with Gasteiger partial charge in [0.25, 0.3) is 11.8 Å². The first kappa shape index (κ1) is 20.3. The van der Waals surface area contributed by atoms with E-state index in [1.54, 1.807) is 24.3 Å². The summed E-state index contributed by atoms with van der Waals surface area (Å²) >= 11 is 0. The largest absolute Gasteiger partial charge is 0.494 e. The van der Waals surface area contributed by atoms with Crippen LogP contribution in [0.25, 0.3) is 5.57 Å². The molecule has 31 heavy (non-hydrogen) atoms. The highest BCUT2D eigenvalue weighted by Crippen LogP contribution is 2.34. The van der Waals surface area contributed by atoms with Gasteiger partial charge in [-0.05, 0) is 73.2 Å². The number of nitrogens with zero attached hydrogens (tertiary/aromatic N) is 1. The second-order valence-corrected chi connectivity index (χ2v) is 6.76. The van der Waals surface area contributed by atoms with Gasteiger partial charge in [-0.25, -0.2) is 13.7 Å². The maximum atomic E-state index is 13.4. The first-order valence-electron chi connectivity index (χ1n) is 9.62. The minimum atomic E-state index is -0.593. The second-order valence-electron chi connectivity index (χ2n) is 6.76. The van der Waals surface area contributed by atoms with Crippen LogP contribution >= 0.6 is 0 Å². The van der Waals surface area contributed by atoms with E-state index in [4.69, 9.17) is 4.74 Å². The lowest BCUT2D eigenvalue weighted by Crippen LogP contribution is -2.32. The van der Waals surface area contributed by atoms with Gasteiger partial charge in [0.1, 0.15) is 23.1 Å². The number of hydrogen-bond acceptors (Lipinski definition) is 4. The van der Waals surface area contributed by atoms with Crippen molar-refractivity contribution in [3.8, 4) is 5.75 Å². The van der Waals surface area contributed by atoms with Crippen LogP contribution in [0.5, 0.6) is 5.75 Å². The number of carbonyl (C=O) groups excluding carboxylic acids is 2. The summed E-state index contributed by atoms with van der Waals surface area (Å²) in [4.78, 5) is 27.4. The Labute approximate surface area is 177 Å². The summed E-state index contributed by atoms with van der Waals surface area (Å²) in [6, 6.07) is 17.3. The summed E-state index contributed by atoms with van der Waals surface area (Å²) < 4.78 is 32.2. The number of amides is 2. The summed E-state index contributed by atoms with van der Waals surface area (Å²) in [5.41, 5.74) is 1.34. The van der Waals surface area contributed by atoms with E-state index < -0.39 is 23.4 Å². The Balaban J connectivity index is 1.75. The highest BCUT2D eigenvalue weighted by Gasteiger charge is 2.40. The maximum Gasteiger partial charge on any atom is 0.282 e. The lowest BCUT2D eigenvalue weighted by atomic mass is 10.0. The van der Waals surface area contributed by atoms with E-state index in [0.29, 0.717) is 23.6 Å². The lowest BCUT2D eigenvalue weighted by Gasteiger charge is -2.15. The molecule has 0 fully saturated rings. The molecule has 0 saturated heterocycles. The third-order valence-corrected chi connectivity index (χ3v) is 4.74. The Hall–Kier alpha value is -4.00. The van der Waals surface area contributed by atoms with Gasteiger partial charge in [0.15, 0.2) is 0 Å². The van der Waals surface area contributed by atoms with Gasteiger partial charge in [0.2, 0.25) is 0 Å². The fraction of sp³-hybridized carbons (Fsp3) is 0.0833. The van der Waals surface area contributed by atoms with Crippen molar-refractivity contribution < 1.29 is 23.1 Å². The molecule has 0 spiro atoms. The molecule has 5 nitrogen and oxygen atoms in total.